The van der Waals surface area contributed by atoms with Gasteiger partial charge in [0, 0.05) is 0 Å². The fraction of sp³-hybridized carbons (Fsp3) is 0.579. The van der Waals surface area contributed by atoms with Gasteiger partial charge in [-0.2, -0.15) is 0 Å². The molecule has 5 nitrogen and oxygen atoms in total. The molecule has 2 fully saturated rings. The summed E-state index contributed by atoms with van der Waals surface area (Å²) in [5.74, 6) is -1.42. The number of hydrogen-bond acceptors (Lipinski definition) is 3. The highest BCUT2D eigenvalue weighted by atomic mass is 16.5. The Hall–Kier alpha value is -1.88. The number of hydrogen-bond donors (Lipinski definition) is 1. The first-order chi connectivity index (χ1) is 11.6. The van der Waals surface area contributed by atoms with Crippen molar-refractivity contribution >= 4 is 11.9 Å². The molecule has 0 aromatic heterocycles. The average Bonchev–Trinajstić information content (AvgIpc) is 2.96. The molecule has 1 aliphatic carbocycles. The predicted molar refractivity (Wildman–Crippen MR) is 89.5 cm³/mol. The van der Waals surface area contributed by atoms with Gasteiger partial charge in [0.25, 0.3) is 0 Å². The van der Waals surface area contributed by atoms with Crippen molar-refractivity contribution in [2.45, 2.75) is 63.1 Å². The number of nitrogens with zero attached hydrogens (tertiary/aromatic N) is 1. The summed E-state index contributed by atoms with van der Waals surface area (Å²) in [6.45, 7) is 2.06. The average molecular weight is 331 g/mol. The third kappa shape index (κ3) is 2.93. The van der Waals surface area contributed by atoms with E-state index in [1.807, 2.05) is 37.3 Å². The second-order valence-electron chi connectivity index (χ2n) is 6.75. The molecule has 3 rings (SSSR count). The minimum atomic E-state index is -0.978. The molecule has 1 spiro atoms. The topological polar surface area (TPSA) is 66.8 Å². The standard InChI is InChI=1S/C19H25NO4/c1-2-15(14-9-5-3-6-10-14)17(21)20-16(18(22)23)13-24-19(20)11-7-4-8-12-19/h3,5-6,9-10,15-16H,2,4,7-8,11-13H2,1H3,(H,22,23)/t15-,16-/m0/s1. The summed E-state index contributed by atoms with van der Waals surface area (Å²) >= 11 is 0. The van der Waals surface area contributed by atoms with Gasteiger partial charge in [-0.15, -0.1) is 0 Å². The van der Waals surface area contributed by atoms with E-state index in [-0.39, 0.29) is 18.4 Å². The maximum atomic E-state index is 13.3. The van der Waals surface area contributed by atoms with Gasteiger partial charge in [0.05, 0.1) is 12.5 Å². The monoisotopic (exact) mass is 331 g/mol. The van der Waals surface area contributed by atoms with Crippen LogP contribution in [0, 0.1) is 0 Å². The van der Waals surface area contributed by atoms with Crippen molar-refractivity contribution in [3.05, 3.63) is 35.9 Å². The third-order valence-corrected chi connectivity index (χ3v) is 5.33. The Morgan fingerprint density at radius 3 is 2.50 bits per heavy atom. The Bertz CT molecular complexity index is 595. The van der Waals surface area contributed by atoms with Crippen LogP contribution in [0.4, 0.5) is 0 Å². The van der Waals surface area contributed by atoms with Gasteiger partial charge in [-0.05, 0) is 37.7 Å². The van der Waals surface area contributed by atoms with Crippen LogP contribution in [0.1, 0.15) is 56.9 Å². The van der Waals surface area contributed by atoms with Crippen LogP contribution in [0.25, 0.3) is 0 Å². The number of carboxylic acids is 1. The number of carbonyl (C=O) groups excluding carboxylic acids is 1. The van der Waals surface area contributed by atoms with Crippen molar-refractivity contribution in [1.29, 1.82) is 0 Å². The van der Waals surface area contributed by atoms with E-state index >= 15 is 0 Å². The lowest BCUT2D eigenvalue weighted by Crippen LogP contribution is -2.55. The highest BCUT2D eigenvalue weighted by Crippen LogP contribution is 2.42. The van der Waals surface area contributed by atoms with E-state index in [1.54, 1.807) is 4.90 Å². The SMILES string of the molecule is CC[C@H](C(=O)N1[C@H](C(=O)O)COC12CCCCC2)c1ccccc1. The number of carboxylic acid groups (broad SMARTS) is 1. The second kappa shape index (κ2) is 6.93. The molecule has 1 N–H and O–H groups in total. The molecule has 2 aliphatic rings. The molecule has 5 heteroatoms. The van der Waals surface area contributed by atoms with Crippen molar-refractivity contribution in [2.75, 3.05) is 6.61 Å². The van der Waals surface area contributed by atoms with Crippen LogP contribution in [0.15, 0.2) is 30.3 Å². The van der Waals surface area contributed by atoms with Gasteiger partial charge in [-0.1, -0.05) is 43.7 Å². The number of benzene rings is 1. The quantitative estimate of drug-likeness (QED) is 0.920. The smallest absolute Gasteiger partial charge is 0.328 e. The maximum absolute atomic E-state index is 13.3. The molecular weight excluding hydrogens is 306 g/mol. The number of aliphatic carboxylic acids is 1. The summed E-state index contributed by atoms with van der Waals surface area (Å²) in [5.41, 5.74) is 0.215. The normalized spacial score (nSPS) is 24.0. The lowest BCUT2D eigenvalue weighted by Gasteiger charge is -2.42. The number of ether oxygens (including phenoxy) is 1. The Balaban J connectivity index is 1.94. The first kappa shape index (κ1) is 17.0. The van der Waals surface area contributed by atoms with Crippen LogP contribution in [-0.4, -0.2) is 40.3 Å². The van der Waals surface area contributed by atoms with Gasteiger partial charge in [0.1, 0.15) is 5.72 Å². The molecule has 24 heavy (non-hydrogen) atoms. The Morgan fingerprint density at radius 2 is 1.92 bits per heavy atom. The molecule has 1 aromatic carbocycles. The molecule has 1 saturated heterocycles. The van der Waals surface area contributed by atoms with E-state index in [0.29, 0.717) is 6.42 Å². The molecule has 0 bridgehead atoms. The van der Waals surface area contributed by atoms with Crippen molar-refractivity contribution in [3.63, 3.8) is 0 Å². The van der Waals surface area contributed by atoms with Gasteiger partial charge in [0.2, 0.25) is 5.91 Å². The first-order valence-electron chi connectivity index (χ1n) is 8.84. The van der Waals surface area contributed by atoms with Crippen LogP contribution < -0.4 is 0 Å². The molecule has 1 saturated carbocycles. The Morgan fingerprint density at radius 1 is 1.25 bits per heavy atom. The summed E-state index contributed by atoms with van der Waals surface area (Å²) in [5, 5.41) is 9.60. The van der Waals surface area contributed by atoms with Gasteiger partial charge in [-0.25, -0.2) is 4.79 Å². The first-order valence-corrected chi connectivity index (χ1v) is 8.84. The van der Waals surface area contributed by atoms with Gasteiger partial charge in [-0.3, -0.25) is 9.69 Å². The van der Waals surface area contributed by atoms with Crippen LogP contribution in [0.5, 0.6) is 0 Å². The minimum absolute atomic E-state index is 0.0896. The molecule has 2 atom stereocenters. The van der Waals surface area contributed by atoms with Crippen LogP contribution in [0.2, 0.25) is 0 Å². The lowest BCUT2D eigenvalue weighted by atomic mass is 9.87. The highest BCUT2D eigenvalue weighted by Gasteiger charge is 2.53. The Labute approximate surface area is 142 Å². The maximum Gasteiger partial charge on any atom is 0.328 e. The Kier molecular flexibility index (Phi) is 4.90. The fourth-order valence-corrected chi connectivity index (χ4v) is 4.09. The van der Waals surface area contributed by atoms with Crippen molar-refractivity contribution in [1.82, 2.24) is 4.90 Å². The van der Waals surface area contributed by atoms with Crippen LogP contribution >= 0.6 is 0 Å². The fourth-order valence-electron chi connectivity index (χ4n) is 4.09. The summed E-state index contributed by atoms with van der Waals surface area (Å²) < 4.78 is 5.94. The summed E-state index contributed by atoms with van der Waals surface area (Å²) in [6.07, 6.45) is 5.15. The number of amides is 1. The van der Waals surface area contributed by atoms with E-state index < -0.39 is 17.7 Å². The number of carbonyl (C=O) groups is 2. The summed E-state index contributed by atoms with van der Waals surface area (Å²) in [4.78, 5) is 26.6. The van der Waals surface area contributed by atoms with Gasteiger partial charge < -0.3 is 9.84 Å². The zero-order chi connectivity index (χ0) is 17.2. The minimum Gasteiger partial charge on any atom is -0.480 e. The zero-order valence-corrected chi connectivity index (χ0v) is 14.1. The van der Waals surface area contributed by atoms with E-state index in [9.17, 15) is 14.7 Å². The summed E-state index contributed by atoms with van der Waals surface area (Å²) in [7, 11) is 0. The third-order valence-electron chi connectivity index (χ3n) is 5.33. The zero-order valence-electron chi connectivity index (χ0n) is 14.1. The lowest BCUT2D eigenvalue weighted by molar-refractivity contribution is -0.164. The van der Waals surface area contributed by atoms with Crippen molar-refractivity contribution < 1.29 is 19.4 Å². The van der Waals surface area contributed by atoms with Crippen LogP contribution in [-0.2, 0) is 14.3 Å². The molecular formula is C19H25NO4. The molecule has 1 amide bonds. The summed E-state index contributed by atoms with van der Waals surface area (Å²) in [6, 6.07) is 8.74. The largest absolute Gasteiger partial charge is 0.480 e. The van der Waals surface area contributed by atoms with Crippen LogP contribution in [0.3, 0.4) is 0 Å². The molecule has 1 heterocycles. The predicted octanol–water partition coefficient (Wildman–Crippen LogP) is 3.15. The molecule has 0 unspecified atom stereocenters. The second-order valence-corrected chi connectivity index (χ2v) is 6.75. The van der Waals surface area contributed by atoms with Crippen molar-refractivity contribution in [3.8, 4) is 0 Å². The van der Waals surface area contributed by atoms with Crippen molar-refractivity contribution in [2.24, 2.45) is 0 Å². The van der Waals surface area contributed by atoms with E-state index in [2.05, 4.69) is 0 Å². The van der Waals surface area contributed by atoms with Gasteiger partial charge >= 0.3 is 5.97 Å². The highest BCUT2D eigenvalue weighted by molar-refractivity contribution is 5.89. The molecule has 0 radical (unpaired) electrons. The van der Waals surface area contributed by atoms with E-state index in [4.69, 9.17) is 4.74 Å². The number of rotatable bonds is 4. The van der Waals surface area contributed by atoms with E-state index in [1.165, 1.54) is 0 Å². The van der Waals surface area contributed by atoms with E-state index in [0.717, 1.165) is 37.7 Å². The molecule has 130 valence electrons. The van der Waals surface area contributed by atoms with Gasteiger partial charge in [0.15, 0.2) is 6.04 Å². The molecule has 1 aromatic rings. The molecule has 1 aliphatic heterocycles.